The number of nitrogens with zero attached hydrogens (tertiary/aromatic N) is 2. The minimum Gasteiger partial charge on any atom is -0.339 e. The van der Waals surface area contributed by atoms with Crippen LogP contribution in [0.25, 0.3) is 0 Å². The van der Waals surface area contributed by atoms with E-state index < -0.39 is 0 Å². The van der Waals surface area contributed by atoms with Crippen LogP contribution < -0.4 is 5.32 Å². The van der Waals surface area contributed by atoms with Crippen LogP contribution in [0.15, 0.2) is 4.52 Å². The van der Waals surface area contributed by atoms with E-state index in [0.717, 1.165) is 24.7 Å². The number of nitrogens with one attached hydrogen (secondary N) is 1. The molecule has 0 atom stereocenters. The van der Waals surface area contributed by atoms with Gasteiger partial charge in [-0.25, -0.2) is 0 Å². The first kappa shape index (κ1) is 15.5. The van der Waals surface area contributed by atoms with Crippen LogP contribution in [0.2, 0.25) is 0 Å². The van der Waals surface area contributed by atoms with Gasteiger partial charge >= 0.3 is 0 Å². The molecule has 1 heterocycles. The van der Waals surface area contributed by atoms with Crippen molar-refractivity contribution in [2.45, 2.75) is 78.2 Å². The highest BCUT2D eigenvalue weighted by molar-refractivity contribution is 4.99. The zero-order valence-corrected chi connectivity index (χ0v) is 13.6. The second kappa shape index (κ2) is 5.84. The van der Waals surface area contributed by atoms with E-state index in [4.69, 9.17) is 4.52 Å². The summed E-state index contributed by atoms with van der Waals surface area (Å²) in [4.78, 5) is 4.58. The molecule has 0 aliphatic heterocycles. The molecule has 1 aromatic heterocycles. The van der Waals surface area contributed by atoms with Gasteiger partial charge in [-0.2, -0.15) is 4.98 Å². The Kier molecular flexibility index (Phi) is 4.52. The molecule has 1 aliphatic carbocycles. The van der Waals surface area contributed by atoms with Gasteiger partial charge in [0.15, 0.2) is 5.82 Å². The third-order valence-electron chi connectivity index (χ3n) is 4.18. The zero-order chi connectivity index (χ0) is 14.8. The van der Waals surface area contributed by atoms with Crippen molar-refractivity contribution in [3.63, 3.8) is 0 Å². The maximum Gasteiger partial charge on any atom is 0.227 e. The Bertz CT molecular complexity index is 421. The predicted octanol–water partition coefficient (Wildman–Crippen LogP) is 3.68. The molecule has 1 N–H and O–H groups in total. The highest BCUT2D eigenvalue weighted by atomic mass is 16.5. The molecular formula is C16H29N3O. The minimum atomic E-state index is 0.137. The molecule has 4 heteroatoms. The maximum atomic E-state index is 5.38. The molecule has 0 bridgehead atoms. The highest BCUT2D eigenvalue weighted by Crippen LogP contribution is 2.41. The summed E-state index contributed by atoms with van der Waals surface area (Å²) in [5.74, 6) is 2.18. The Labute approximate surface area is 122 Å². The molecule has 20 heavy (non-hydrogen) atoms. The summed E-state index contributed by atoms with van der Waals surface area (Å²) in [6.45, 7) is 12.1. The van der Waals surface area contributed by atoms with Crippen molar-refractivity contribution in [1.29, 1.82) is 0 Å². The van der Waals surface area contributed by atoms with Crippen molar-refractivity contribution >= 4 is 0 Å². The lowest BCUT2D eigenvalue weighted by atomic mass is 9.73. The lowest BCUT2D eigenvalue weighted by molar-refractivity contribution is 0.218. The highest BCUT2D eigenvalue weighted by Gasteiger charge is 2.30. The number of hydrogen-bond acceptors (Lipinski definition) is 4. The number of rotatable bonds is 4. The standard InChI is InChI=1S/C16H29N3O/c1-15(2,3)17-11-8-13-18-14(19-20-13)12-6-9-16(4,5)10-7-12/h12,17H,6-11H2,1-5H3. The molecule has 0 amide bonds. The first-order chi connectivity index (χ1) is 9.25. The molecular weight excluding hydrogens is 250 g/mol. The summed E-state index contributed by atoms with van der Waals surface area (Å²) in [5.41, 5.74) is 0.623. The Morgan fingerprint density at radius 2 is 1.90 bits per heavy atom. The summed E-state index contributed by atoms with van der Waals surface area (Å²) in [7, 11) is 0. The van der Waals surface area contributed by atoms with Crippen molar-refractivity contribution < 1.29 is 4.52 Å². The largest absolute Gasteiger partial charge is 0.339 e. The van der Waals surface area contributed by atoms with Crippen LogP contribution in [0.5, 0.6) is 0 Å². The predicted molar refractivity (Wildman–Crippen MR) is 80.7 cm³/mol. The van der Waals surface area contributed by atoms with E-state index in [1.165, 1.54) is 25.7 Å². The van der Waals surface area contributed by atoms with E-state index in [-0.39, 0.29) is 5.54 Å². The van der Waals surface area contributed by atoms with Crippen LogP contribution in [0, 0.1) is 5.41 Å². The Morgan fingerprint density at radius 1 is 1.25 bits per heavy atom. The van der Waals surface area contributed by atoms with Crippen LogP contribution in [-0.2, 0) is 6.42 Å². The summed E-state index contributed by atoms with van der Waals surface area (Å²) in [6, 6.07) is 0. The van der Waals surface area contributed by atoms with Gasteiger partial charge in [-0.1, -0.05) is 19.0 Å². The van der Waals surface area contributed by atoms with E-state index in [2.05, 4.69) is 50.1 Å². The SMILES string of the molecule is CC1(C)CCC(c2noc(CCNC(C)(C)C)n2)CC1. The Balaban J connectivity index is 1.83. The van der Waals surface area contributed by atoms with Crippen molar-refractivity contribution in [3.8, 4) is 0 Å². The van der Waals surface area contributed by atoms with Gasteiger partial charge in [-0.15, -0.1) is 0 Å². The molecule has 1 aromatic rings. The monoisotopic (exact) mass is 279 g/mol. The van der Waals surface area contributed by atoms with Gasteiger partial charge in [0.2, 0.25) is 5.89 Å². The fraction of sp³-hybridized carbons (Fsp3) is 0.875. The van der Waals surface area contributed by atoms with Crippen LogP contribution >= 0.6 is 0 Å². The molecule has 4 nitrogen and oxygen atoms in total. The van der Waals surface area contributed by atoms with Crippen molar-refractivity contribution in [1.82, 2.24) is 15.5 Å². The lowest BCUT2D eigenvalue weighted by Gasteiger charge is -2.32. The lowest BCUT2D eigenvalue weighted by Crippen LogP contribution is -2.37. The van der Waals surface area contributed by atoms with E-state index in [1.807, 2.05) is 0 Å². The fourth-order valence-electron chi connectivity index (χ4n) is 2.74. The average Bonchev–Trinajstić information content (AvgIpc) is 2.76. The number of aromatic nitrogens is 2. The fourth-order valence-corrected chi connectivity index (χ4v) is 2.74. The quantitative estimate of drug-likeness (QED) is 0.913. The molecule has 0 spiro atoms. The topological polar surface area (TPSA) is 51.0 Å². The van der Waals surface area contributed by atoms with E-state index in [9.17, 15) is 0 Å². The second-order valence-electron chi connectivity index (χ2n) is 7.91. The van der Waals surface area contributed by atoms with Gasteiger partial charge in [0, 0.05) is 24.4 Å². The first-order valence-electron chi connectivity index (χ1n) is 7.83. The molecule has 0 aromatic carbocycles. The Hall–Kier alpha value is -0.900. The molecule has 114 valence electrons. The summed E-state index contributed by atoms with van der Waals surface area (Å²) >= 11 is 0. The third kappa shape index (κ3) is 4.58. The summed E-state index contributed by atoms with van der Waals surface area (Å²) < 4.78 is 5.38. The summed E-state index contributed by atoms with van der Waals surface area (Å²) in [6.07, 6.45) is 5.70. The van der Waals surface area contributed by atoms with Gasteiger partial charge in [0.25, 0.3) is 0 Å². The molecule has 0 radical (unpaired) electrons. The molecule has 1 saturated carbocycles. The van der Waals surface area contributed by atoms with Gasteiger partial charge in [0.1, 0.15) is 0 Å². The van der Waals surface area contributed by atoms with Gasteiger partial charge in [-0.05, 0) is 51.9 Å². The van der Waals surface area contributed by atoms with Gasteiger partial charge in [0.05, 0.1) is 0 Å². The number of hydrogen-bond donors (Lipinski definition) is 1. The van der Waals surface area contributed by atoms with E-state index >= 15 is 0 Å². The van der Waals surface area contributed by atoms with Crippen molar-refractivity contribution in [3.05, 3.63) is 11.7 Å². The summed E-state index contributed by atoms with van der Waals surface area (Å²) in [5, 5.41) is 7.63. The maximum absolute atomic E-state index is 5.38. The smallest absolute Gasteiger partial charge is 0.227 e. The molecule has 1 fully saturated rings. The molecule has 1 aliphatic rings. The van der Waals surface area contributed by atoms with Gasteiger partial charge in [-0.3, -0.25) is 0 Å². The normalized spacial score (nSPS) is 20.2. The Morgan fingerprint density at radius 3 is 2.50 bits per heavy atom. The van der Waals surface area contributed by atoms with Crippen molar-refractivity contribution in [2.24, 2.45) is 5.41 Å². The molecule has 0 unspecified atom stereocenters. The van der Waals surface area contributed by atoms with Gasteiger partial charge < -0.3 is 9.84 Å². The molecule has 2 rings (SSSR count). The third-order valence-corrected chi connectivity index (χ3v) is 4.18. The van der Waals surface area contributed by atoms with E-state index in [1.54, 1.807) is 0 Å². The minimum absolute atomic E-state index is 0.137. The first-order valence-corrected chi connectivity index (χ1v) is 7.83. The van der Waals surface area contributed by atoms with Crippen LogP contribution in [-0.4, -0.2) is 22.2 Å². The van der Waals surface area contributed by atoms with E-state index in [0.29, 0.717) is 11.3 Å². The average molecular weight is 279 g/mol. The molecule has 0 saturated heterocycles. The van der Waals surface area contributed by atoms with Crippen LogP contribution in [0.4, 0.5) is 0 Å². The van der Waals surface area contributed by atoms with Crippen LogP contribution in [0.3, 0.4) is 0 Å². The zero-order valence-electron chi connectivity index (χ0n) is 13.6. The second-order valence-corrected chi connectivity index (χ2v) is 7.91. The van der Waals surface area contributed by atoms with Crippen LogP contribution in [0.1, 0.15) is 77.9 Å². The van der Waals surface area contributed by atoms with Crippen molar-refractivity contribution in [2.75, 3.05) is 6.54 Å².